The summed E-state index contributed by atoms with van der Waals surface area (Å²) in [5.41, 5.74) is 4.44. The minimum atomic E-state index is -0.314. The Labute approximate surface area is 123 Å². The molecule has 1 aliphatic carbocycles. The van der Waals surface area contributed by atoms with E-state index in [0.717, 1.165) is 28.9 Å². The molecular weight excluding hydrogens is 264 g/mol. The van der Waals surface area contributed by atoms with E-state index >= 15 is 0 Å². The van der Waals surface area contributed by atoms with Gasteiger partial charge in [-0.25, -0.2) is 4.79 Å². The van der Waals surface area contributed by atoms with E-state index in [9.17, 15) is 4.79 Å². The van der Waals surface area contributed by atoms with Crippen LogP contribution in [0.5, 0.6) is 5.75 Å². The quantitative estimate of drug-likeness (QED) is 0.636. The third kappa shape index (κ3) is 2.97. The van der Waals surface area contributed by atoms with Crippen molar-refractivity contribution in [1.82, 2.24) is 0 Å². The smallest absolute Gasteiger partial charge is 0.330 e. The highest BCUT2D eigenvalue weighted by Gasteiger charge is 2.21. The fourth-order valence-corrected chi connectivity index (χ4v) is 2.36. The Morgan fingerprint density at radius 3 is 2.76 bits per heavy atom. The second-order valence-corrected chi connectivity index (χ2v) is 4.96. The third-order valence-corrected chi connectivity index (χ3v) is 3.55. The Morgan fingerprint density at radius 1 is 1.19 bits per heavy atom. The molecule has 0 atom stereocenters. The predicted octanol–water partition coefficient (Wildman–Crippen LogP) is 3.38. The fourth-order valence-electron chi connectivity index (χ4n) is 2.36. The lowest BCUT2D eigenvalue weighted by atomic mass is 9.82. The Hall–Kier alpha value is -2.55. The maximum absolute atomic E-state index is 11.3. The molecule has 3 rings (SSSR count). The van der Waals surface area contributed by atoms with E-state index in [1.54, 1.807) is 6.08 Å². The number of rotatable bonds is 4. The monoisotopic (exact) mass is 280 g/mol. The summed E-state index contributed by atoms with van der Waals surface area (Å²) in [6.45, 7) is 0.537. The number of esters is 1. The van der Waals surface area contributed by atoms with Crippen molar-refractivity contribution >= 4 is 11.5 Å². The van der Waals surface area contributed by atoms with E-state index in [1.807, 2.05) is 48.5 Å². The standard InChI is InChI=1S/C18H16O3/c1-20-18(19)10-15-9-14-7-8-16(11-17(14)15)21-12-13-5-3-2-4-6-13/h2-8,10-11H,9,12H2,1H3/b15-10+. The first-order valence-electron chi connectivity index (χ1n) is 6.85. The minimum absolute atomic E-state index is 0.314. The van der Waals surface area contributed by atoms with Crippen LogP contribution in [0.2, 0.25) is 0 Å². The molecule has 0 aromatic heterocycles. The van der Waals surface area contributed by atoms with Gasteiger partial charge in [0.25, 0.3) is 0 Å². The Bertz CT molecular complexity index is 687. The van der Waals surface area contributed by atoms with Crippen molar-refractivity contribution in [2.45, 2.75) is 13.0 Å². The van der Waals surface area contributed by atoms with Crippen LogP contribution in [0.15, 0.2) is 54.6 Å². The van der Waals surface area contributed by atoms with Crippen molar-refractivity contribution in [2.24, 2.45) is 0 Å². The van der Waals surface area contributed by atoms with Crippen molar-refractivity contribution in [3.63, 3.8) is 0 Å². The van der Waals surface area contributed by atoms with Crippen LogP contribution in [0.3, 0.4) is 0 Å². The number of ether oxygens (including phenoxy) is 2. The third-order valence-electron chi connectivity index (χ3n) is 3.55. The van der Waals surface area contributed by atoms with E-state index in [0.29, 0.717) is 6.61 Å². The zero-order valence-electron chi connectivity index (χ0n) is 11.8. The highest BCUT2D eigenvalue weighted by molar-refractivity contribution is 5.95. The van der Waals surface area contributed by atoms with E-state index in [1.165, 1.54) is 12.7 Å². The van der Waals surface area contributed by atoms with Crippen LogP contribution in [0.4, 0.5) is 0 Å². The van der Waals surface area contributed by atoms with Crippen molar-refractivity contribution in [1.29, 1.82) is 0 Å². The summed E-state index contributed by atoms with van der Waals surface area (Å²) in [4.78, 5) is 11.3. The van der Waals surface area contributed by atoms with Gasteiger partial charge in [0.2, 0.25) is 0 Å². The van der Waals surface area contributed by atoms with Crippen LogP contribution in [0.25, 0.3) is 5.57 Å². The first-order chi connectivity index (χ1) is 10.3. The van der Waals surface area contributed by atoms with Gasteiger partial charge in [0.1, 0.15) is 12.4 Å². The molecule has 3 nitrogen and oxygen atoms in total. The maximum Gasteiger partial charge on any atom is 0.330 e. The summed E-state index contributed by atoms with van der Waals surface area (Å²) in [6, 6.07) is 16.0. The van der Waals surface area contributed by atoms with Gasteiger partial charge in [0, 0.05) is 6.08 Å². The minimum Gasteiger partial charge on any atom is -0.489 e. The van der Waals surface area contributed by atoms with Gasteiger partial charge in [-0.3, -0.25) is 0 Å². The van der Waals surface area contributed by atoms with E-state index < -0.39 is 0 Å². The molecule has 0 saturated heterocycles. The summed E-state index contributed by atoms with van der Waals surface area (Å²) < 4.78 is 10.5. The van der Waals surface area contributed by atoms with Gasteiger partial charge in [0.15, 0.2) is 0 Å². The van der Waals surface area contributed by atoms with Gasteiger partial charge in [0.05, 0.1) is 7.11 Å². The van der Waals surface area contributed by atoms with Crippen LogP contribution in [-0.4, -0.2) is 13.1 Å². The predicted molar refractivity (Wildman–Crippen MR) is 80.9 cm³/mol. The van der Waals surface area contributed by atoms with Crippen LogP contribution < -0.4 is 4.74 Å². The SMILES string of the molecule is COC(=O)/C=C1\Cc2ccc(OCc3ccccc3)cc21. The average molecular weight is 280 g/mol. The van der Waals surface area contributed by atoms with E-state index in [4.69, 9.17) is 4.74 Å². The number of allylic oxidation sites excluding steroid dienone is 1. The summed E-state index contributed by atoms with van der Waals surface area (Å²) in [5, 5.41) is 0. The summed E-state index contributed by atoms with van der Waals surface area (Å²) in [7, 11) is 1.39. The number of methoxy groups -OCH3 is 1. The highest BCUT2D eigenvalue weighted by Crippen LogP contribution is 2.36. The lowest BCUT2D eigenvalue weighted by Gasteiger charge is -2.23. The maximum atomic E-state index is 11.3. The first-order valence-corrected chi connectivity index (χ1v) is 6.85. The van der Waals surface area contributed by atoms with Crippen LogP contribution in [-0.2, 0) is 22.6 Å². The lowest BCUT2D eigenvalue weighted by Crippen LogP contribution is -2.10. The molecular formula is C18H16O3. The van der Waals surface area contributed by atoms with Gasteiger partial charge in [-0.2, -0.15) is 0 Å². The molecule has 0 unspecified atom stereocenters. The van der Waals surface area contributed by atoms with Gasteiger partial charge < -0.3 is 9.47 Å². The molecule has 3 heteroatoms. The van der Waals surface area contributed by atoms with Crippen molar-refractivity contribution in [3.8, 4) is 5.75 Å². The fraction of sp³-hybridized carbons (Fsp3) is 0.167. The topological polar surface area (TPSA) is 35.5 Å². The number of carbonyl (C=O) groups excluding carboxylic acids is 1. The number of carbonyl (C=O) groups is 1. The molecule has 21 heavy (non-hydrogen) atoms. The first kappa shape index (κ1) is 13.4. The molecule has 2 aromatic carbocycles. The number of hydrogen-bond donors (Lipinski definition) is 0. The zero-order chi connectivity index (χ0) is 14.7. The second kappa shape index (κ2) is 5.83. The molecule has 0 heterocycles. The average Bonchev–Trinajstić information content (AvgIpc) is 2.52. The van der Waals surface area contributed by atoms with Crippen molar-refractivity contribution in [2.75, 3.05) is 7.11 Å². The molecule has 0 amide bonds. The Kier molecular flexibility index (Phi) is 3.73. The molecule has 0 aliphatic heterocycles. The molecule has 0 spiro atoms. The molecule has 0 radical (unpaired) electrons. The summed E-state index contributed by atoms with van der Waals surface area (Å²) in [6.07, 6.45) is 2.35. The lowest BCUT2D eigenvalue weighted by molar-refractivity contribution is -0.134. The van der Waals surface area contributed by atoms with E-state index in [-0.39, 0.29) is 5.97 Å². The summed E-state index contributed by atoms with van der Waals surface area (Å²) >= 11 is 0. The zero-order valence-corrected chi connectivity index (χ0v) is 11.8. The molecule has 2 aromatic rings. The normalized spacial score (nSPS) is 14.2. The molecule has 0 bridgehead atoms. The second-order valence-electron chi connectivity index (χ2n) is 4.96. The van der Waals surface area contributed by atoms with Crippen molar-refractivity contribution in [3.05, 3.63) is 71.3 Å². The van der Waals surface area contributed by atoms with Gasteiger partial charge >= 0.3 is 5.97 Å². The highest BCUT2D eigenvalue weighted by atomic mass is 16.5. The number of benzene rings is 2. The number of hydrogen-bond acceptors (Lipinski definition) is 3. The molecule has 1 aliphatic rings. The van der Waals surface area contributed by atoms with Gasteiger partial charge in [-0.15, -0.1) is 0 Å². The van der Waals surface area contributed by atoms with Crippen LogP contribution in [0.1, 0.15) is 16.7 Å². The molecule has 0 N–H and O–H groups in total. The molecule has 0 fully saturated rings. The van der Waals surface area contributed by atoms with Crippen LogP contribution >= 0.6 is 0 Å². The van der Waals surface area contributed by atoms with Gasteiger partial charge in [-0.05, 0) is 40.8 Å². The Morgan fingerprint density at radius 2 is 2.00 bits per heavy atom. The van der Waals surface area contributed by atoms with Crippen molar-refractivity contribution < 1.29 is 14.3 Å². The van der Waals surface area contributed by atoms with E-state index in [2.05, 4.69) is 4.74 Å². The molecule has 0 saturated carbocycles. The molecule has 106 valence electrons. The van der Waals surface area contributed by atoms with Gasteiger partial charge in [-0.1, -0.05) is 36.4 Å². The number of fused-ring (bicyclic) bond motifs is 1. The van der Waals surface area contributed by atoms with Crippen LogP contribution in [0, 0.1) is 0 Å². The Balaban J connectivity index is 1.72. The summed E-state index contributed by atoms with van der Waals surface area (Å²) in [5.74, 6) is 0.499. The largest absolute Gasteiger partial charge is 0.489 e.